The van der Waals surface area contributed by atoms with Crippen LogP contribution >= 0.6 is 0 Å². The number of urea groups is 1. The number of aryl methyl sites for hydroxylation is 1. The van der Waals surface area contributed by atoms with E-state index < -0.39 is 41.0 Å². The molecule has 2 N–H and O–H groups in total. The van der Waals surface area contributed by atoms with Gasteiger partial charge in [-0.15, -0.1) is 0 Å². The number of ether oxygens (including phenoxy) is 3. The summed E-state index contributed by atoms with van der Waals surface area (Å²) >= 11 is 0. The van der Waals surface area contributed by atoms with Crippen LogP contribution in [0.2, 0.25) is 0 Å². The third-order valence-electron chi connectivity index (χ3n) is 5.96. The summed E-state index contributed by atoms with van der Waals surface area (Å²) < 4.78 is 21.0. The van der Waals surface area contributed by atoms with Crippen molar-refractivity contribution in [3.8, 4) is 11.5 Å². The molecule has 2 aromatic carbocycles. The van der Waals surface area contributed by atoms with Gasteiger partial charge in [0, 0.05) is 11.8 Å². The van der Waals surface area contributed by atoms with E-state index in [9.17, 15) is 29.3 Å². The van der Waals surface area contributed by atoms with Crippen molar-refractivity contribution < 1.29 is 42.7 Å². The van der Waals surface area contributed by atoms with Gasteiger partial charge < -0.3 is 29.3 Å². The summed E-state index contributed by atoms with van der Waals surface area (Å²) in [6, 6.07) is 11.6. The molecule has 0 saturated carbocycles. The zero-order valence-corrected chi connectivity index (χ0v) is 22.8. The van der Waals surface area contributed by atoms with Gasteiger partial charge in [-0.05, 0) is 55.3 Å². The van der Waals surface area contributed by atoms with Crippen LogP contribution in [0.25, 0.3) is 6.08 Å². The molecule has 2 heterocycles. The molecule has 0 radical (unpaired) electrons. The number of benzene rings is 2. The lowest BCUT2D eigenvalue weighted by molar-refractivity contribution is -0.385. The number of nitrogens with zero attached hydrogens (tertiary/aromatic N) is 2. The smallest absolute Gasteiger partial charge is 0.373 e. The van der Waals surface area contributed by atoms with E-state index in [2.05, 4.69) is 15.4 Å². The summed E-state index contributed by atoms with van der Waals surface area (Å²) in [4.78, 5) is 61.7. The first-order chi connectivity index (χ1) is 20.1. The number of imide groups is 1. The number of nitro groups is 1. The maximum atomic E-state index is 13.0. The van der Waals surface area contributed by atoms with Gasteiger partial charge in [-0.3, -0.25) is 24.6 Å². The van der Waals surface area contributed by atoms with Crippen molar-refractivity contribution in [2.45, 2.75) is 20.4 Å². The van der Waals surface area contributed by atoms with Crippen LogP contribution in [0.15, 0.2) is 58.6 Å². The first-order valence-electron chi connectivity index (χ1n) is 12.6. The molecule has 1 fully saturated rings. The number of amides is 4. The van der Waals surface area contributed by atoms with Crippen LogP contribution in [0.5, 0.6) is 11.5 Å². The highest BCUT2D eigenvalue weighted by molar-refractivity contribution is 6.14. The lowest BCUT2D eigenvalue weighted by Crippen LogP contribution is -2.30. The molecule has 1 aliphatic rings. The number of hydrogen-bond acceptors (Lipinski definition) is 10. The van der Waals surface area contributed by atoms with E-state index in [1.54, 1.807) is 19.1 Å². The molecule has 1 saturated heterocycles. The first kappa shape index (κ1) is 29.3. The van der Waals surface area contributed by atoms with E-state index in [-0.39, 0.29) is 47.4 Å². The molecule has 1 aromatic heterocycles. The summed E-state index contributed by atoms with van der Waals surface area (Å²) in [5.41, 5.74) is 0.865. The third-order valence-corrected chi connectivity index (χ3v) is 5.96. The summed E-state index contributed by atoms with van der Waals surface area (Å²) in [5, 5.41) is 17.1. The van der Waals surface area contributed by atoms with Gasteiger partial charge in [-0.25, -0.2) is 9.59 Å². The van der Waals surface area contributed by atoms with Gasteiger partial charge in [0.1, 0.15) is 11.5 Å². The lowest BCUT2D eigenvalue weighted by atomic mass is 10.1. The van der Waals surface area contributed by atoms with Crippen molar-refractivity contribution >= 4 is 41.3 Å². The second-order valence-electron chi connectivity index (χ2n) is 8.85. The minimum Gasteiger partial charge on any atom is -0.490 e. The monoisotopic (exact) mass is 578 g/mol. The highest BCUT2D eigenvalue weighted by Crippen LogP contribution is 2.39. The maximum absolute atomic E-state index is 13.0. The Morgan fingerprint density at radius 3 is 2.60 bits per heavy atom. The van der Waals surface area contributed by atoms with Crippen LogP contribution in [0.4, 0.5) is 16.2 Å². The summed E-state index contributed by atoms with van der Waals surface area (Å²) in [7, 11) is 1.18. The molecule has 218 valence electrons. The van der Waals surface area contributed by atoms with E-state index in [0.29, 0.717) is 5.69 Å². The molecule has 0 atom stereocenters. The molecule has 0 aliphatic carbocycles. The Hall–Kier alpha value is -5.66. The fourth-order valence-corrected chi connectivity index (χ4v) is 3.98. The van der Waals surface area contributed by atoms with Crippen molar-refractivity contribution in [1.29, 1.82) is 0 Å². The molecule has 3 aromatic rings. The van der Waals surface area contributed by atoms with Gasteiger partial charge in [0.15, 0.2) is 12.4 Å². The van der Waals surface area contributed by atoms with Crippen LogP contribution in [-0.4, -0.2) is 54.0 Å². The van der Waals surface area contributed by atoms with Gasteiger partial charge in [0.2, 0.25) is 11.5 Å². The largest absolute Gasteiger partial charge is 0.490 e. The molecule has 0 spiro atoms. The van der Waals surface area contributed by atoms with Gasteiger partial charge in [-0.1, -0.05) is 18.2 Å². The first-order valence-corrected chi connectivity index (χ1v) is 12.6. The van der Waals surface area contributed by atoms with Gasteiger partial charge >= 0.3 is 17.7 Å². The molecule has 14 heteroatoms. The lowest BCUT2D eigenvalue weighted by Gasteiger charge is -2.14. The van der Waals surface area contributed by atoms with Crippen LogP contribution < -0.4 is 20.1 Å². The molecule has 0 unspecified atom stereocenters. The summed E-state index contributed by atoms with van der Waals surface area (Å²) in [6.07, 6.45) is 1.24. The molecule has 4 amide bonds. The number of hydrogen-bond donors (Lipinski definition) is 2. The number of nitrogens with one attached hydrogen (secondary N) is 2. The van der Waals surface area contributed by atoms with Crippen LogP contribution in [-0.2, 0) is 20.9 Å². The zero-order valence-electron chi connectivity index (χ0n) is 22.8. The second kappa shape index (κ2) is 12.7. The quantitative estimate of drug-likeness (QED) is 0.112. The van der Waals surface area contributed by atoms with Crippen molar-refractivity contribution in [2.75, 3.05) is 25.6 Å². The molecular weight excluding hydrogens is 552 g/mol. The number of esters is 1. The van der Waals surface area contributed by atoms with Crippen molar-refractivity contribution in [1.82, 2.24) is 10.2 Å². The Kier molecular flexibility index (Phi) is 8.85. The van der Waals surface area contributed by atoms with E-state index in [1.807, 2.05) is 19.1 Å². The second-order valence-corrected chi connectivity index (χ2v) is 8.85. The van der Waals surface area contributed by atoms with E-state index in [1.165, 1.54) is 31.4 Å². The van der Waals surface area contributed by atoms with Crippen molar-refractivity contribution in [3.63, 3.8) is 0 Å². The van der Waals surface area contributed by atoms with Gasteiger partial charge in [-0.2, -0.15) is 0 Å². The van der Waals surface area contributed by atoms with Gasteiger partial charge in [0.25, 0.3) is 11.8 Å². The number of furan rings is 1. The number of nitro benzene ring substituents is 1. The van der Waals surface area contributed by atoms with E-state index in [4.69, 9.17) is 13.9 Å². The maximum Gasteiger partial charge on any atom is 0.373 e. The summed E-state index contributed by atoms with van der Waals surface area (Å²) in [5.74, 6) is -2.24. The van der Waals surface area contributed by atoms with E-state index >= 15 is 0 Å². The standard InChI is InChI=1S/C28H26N4O10/c1-4-40-23-13-17(11-20-26(34)31(28(36)30-20)14-18-9-10-22(42-18)27(35)39-3)12-21(32(37)38)25(23)41-15-24(33)29-19-8-6-5-7-16(19)2/h5-13H,4,14-15H2,1-3H3,(H,29,33)(H,30,36)/b20-11-. The minimum atomic E-state index is -0.763. The van der Waals surface area contributed by atoms with Crippen molar-refractivity contribution in [2.24, 2.45) is 0 Å². The predicted molar refractivity (Wildman–Crippen MR) is 147 cm³/mol. The number of para-hydroxylation sites is 1. The number of methoxy groups -OCH3 is 1. The number of carbonyl (C=O) groups excluding carboxylic acids is 4. The molecular formula is C28H26N4O10. The minimum absolute atomic E-state index is 0.0400. The average molecular weight is 579 g/mol. The molecule has 14 nitrogen and oxygen atoms in total. The Labute approximate surface area is 239 Å². The van der Waals surface area contributed by atoms with Gasteiger partial charge in [0.05, 0.1) is 25.2 Å². The fraction of sp³-hybridized carbons (Fsp3) is 0.214. The van der Waals surface area contributed by atoms with Crippen molar-refractivity contribution in [3.05, 3.63) is 87.0 Å². The predicted octanol–water partition coefficient (Wildman–Crippen LogP) is 3.79. The number of carbonyl (C=O) groups is 4. The number of rotatable bonds is 11. The Balaban J connectivity index is 1.55. The summed E-state index contributed by atoms with van der Waals surface area (Å²) in [6.45, 7) is 2.77. The van der Waals surface area contributed by atoms with Crippen LogP contribution in [0, 0.1) is 17.0 Å². The van der Waals surface area contributed by atoms with E-state index in [0.717, 1.165) is 16.5 Å². The average Bonchev–Trinajstić information content (AvgIpc) is 3.53. The molecule has 1 aliphatic heterocycles. The topological polar surface area (TPSA) is 180 Å². The Morgan fingerprint density at radius 1 is 1.14 bits per heavy atom. The molecule has 0 bridgehead atoms. The third kappa shape index (κ3) is 6.55. The molecule has 42 heavy (non-hydrogen) atoms. The Bertz CT molecular complexity index is 1590. The highest BCUT2D eigenvalue weighted by Gasteiger charge is 2.35. The molecule has 4 rings (SSSR count). The highest BCUT2D eigenvalue weighted by atomic mass is 16.6. The fourth-order valence-electron chi connectivity index (χ4n) is 3.98. The zero-order chi connectivity index (χ0) is 30.4. The SMILES string of the molecule is CCOc1cc(/C=C2\NC(=O)N(Cc3ccc(C(=O)OC)o3)C2=O)cc([N+](=O)[O-])c1OCC(=O)Nc1ccccc1C. The van der Waals surface area contributed by atoms with Crippen LogP contribution in [0.1, 0.15) is 34.4 Å². The normalized spacial score (nSPS) is 13.6. The number of anilines is 1. The Morgan fingerprint density at radius 2 is 1.90 bits per heavy atom. The van der Waals surface area contributed by atoms with Crippen LogP contribution in [0.3, 0.4) is 0 Å².